The van der Waals surface area contributed by atoms with Gasteiger partial charge in [-0.25, -0.2) is 5.06 Å². The first kappa shape index (κ1) is 17.2. The highest BCUT2D eigenvalue weighted by Gasteiger charge is 2.40. The molecule has 5 nitrogen and oxygen atoms in total. The molecule has 0 saturated carbocycles. The molecule has 0 spiro atoms. The molecule has 1 saturated heterocycles. The third kappa shape index (κ3) is 3.77. The van der Waals surface area contributed by atoms with Crippen LogP contribution in [0.4, 0.5) is 5.69 Å². The maximum absolute atomic E-state index is 12.2. The molecule has 22 heavy (non-hydrogen) atoms. The van der Waals surface area contributed by atoms with Crippen molar-refractivity contribution < 1.29 is 9.63 Å². The molecular weight excluding hydrogens is 325 g/mol. The summed E-state index contributed by atoms with van der Waals surface area (Å²) in [5.41, 5.74) is 0.731. The van der Waals surface area contributed by atoms with Crippen LogP contribution in [0.15, 0.2) is 22.4 Å². The lowest BCUT2D eigenvalue weighted by molar-refractivity contribution is -0.165. The van der Waals surface area contributed by atoms with Gasteiger partial charge in [0, 0.05) is 5.02 Å². The van der Waals surface area contributed by atoms with E-state index in [2.05, 4.69) is 10.2 Å². The Morgan fingerprint density at radius 1 is 1.32 bits per heavy atom. The fourth-order valence-electron chi connectivity index (χ4n) is 1.93. The smallest absolute Gasteiger partial charge is 0.254 e. The maximum Gasteiger partial charge on any atom is 0.254 e. The monoisotopic (exact) mass is 343 g/mol. The van der Waals surface area contributed by atoms with Gasteiger partial charge in [0.25, 0.3) is 5.91 Å². The van der Waals surface area contributed by atoms with Gasteiger partial charge in [-0.3, -0.25) is 9.63 Å². The fraction of sp³-hybridized carbons (Fsp3) is 0.533. The van der Waals surface area contributed by atoms with Crippen LogP contribution in [0.1, 0.15) is 33.3 Å². The average Bonchev–Trinajstić information content (AvgIpc) is 2.67. The standard InChI is InChI=1S/C15H19Cl2N3O2/c1-9(2)18-19-13-5-10(11(16)6-12(13)17)7-20-14(21)15(3,4)8-22-20/h5-6,9H,7-8H2,1-4H3. The number of halogens is 2. The van der Waals surface area contributed by atoms with E-state index >= 15 is 0 Å². The molecule has 2 rings (SSSR count). The van der Waals surface area contributed by atoms with Crippen molar-refractivity contribution in [2.24, 2.45) is 15.6 Å². The average molecular weight is 344 g/mol. The van der Waals surface area contributed by atoms with Crippen molar-refractivity contribution in [3.63, 3.8) is 0 Å². The molecule has 1 heterocycles. The molecule has 1 aromatic carbocycles. The molecule has 1 aliphatic heterocycles. The molecule has 0 bridgehead atoms. The van der Waals surface area contributed by atoms with Crippen LogP contribution in [-0.4, -0.2) is 23.6 Å². The summed E-state index contributed by atoms with van der Waals surface area (Å²) in [7, 11) is 0. The minimum absolute atomic E-state index is 0.0659. The molecule has 1 aromatic rings. The Kier molecular flexibility index (Phi) is 5.10. The van der Waals surface area contributed by atoms with Crippen LogP contribution in [0.25, 0.3) is 0 Å². The second-order valence-corrected chi connectivity index (χ2v) is 7.02. The van der Waals surface area contributed by atoms with Crippen LogP contribution >= 0.6 is 23.2 Å². The normalized spacial score (nSPS) is 18.0. The summed E-state index contributed by atoms with van der Waals surface area (Å²) in [4.78, 5) is 17.6. The quantitative estimate of drug-likeness (QED) is 0.738. The van der Waals surface area contributed by atoms with E-state index in [4.69, 9.17) is 28.0 Å². The lowest BCUT2D eigenvalue weighted by Gasteiger charge is -2.17. The summed E-state index contributed by atoms with van der Waals surface area (Å²) in [6.45, 7) is 8.15. The third-order valence-corrected chi connectivity index (χ3v) is 3.87. The number of rotatable bonds is 4. The Hall–Kier alpha value is -1.17. The van der Waals surface area contributed by atoms with Crippen LogP contribution in [0, 0.1) is 5.41 Å². The maximum atomic E-state index is 12.2. The molecular formula is C15H19Cl2N3O2. The summed E-state index contributed by atoms with van der Waals surface area (Å²) in [6.07, 6.45) is 0. The van der Waals surface area contributed by atoms with Crippen molar-refractivity contribution in [1.82, 2.24) is 5.06 Å². The Bertz CT molecular complexity index is 615. The third-order valence-electron chi connectivity index (χ3n) is 3.21. The molecule has 7 heteroatoms. The molecule has 0 N–H and O–H groups in total. The lowest BCUT2D eigenvalue weighted by Crippen LogP contribution is -2.30. The number of carbonyl (C=O) groups excluding carboxylic acids is 1. The topological polar surface area (TPSA) is 54.3 Å². The summed E-state index contributed by atoms with van der Waals surface area (Å²) in [5, 5.41) is 10.4. The molecule has 120 valence electrons. The lowest BCUT2D eigenvalue weighted by atomic mass is 9.95. The van der Waals surface area contributed by atoms with Crippen LogP contribution in [0.2, 0.25) is 10.0 Å². The van der Waals surface area contributed by atoms with E-state index in [-0.39, 0.29) is 18.5 Å². The highest BCUT2D eigenvalue weighted by molar-refractivity contribution is 6.36. The van der Waals surface area contributed by atoms with Gasteiger partial charge in [-0.05, 0) is 45.4 Å². The van der Waals surface area contributed by atoms with Crippen LogP contribution in [0.5, 0.6) is 0 Å². The van der Waals surface area contributed by atoms with Gasteiger partial charge in [0.05, 0.1) is 29.6 Å². The minimum Gasteiger partial charge on any atom is -0.272 e. The fourth-order valence-corrected chi connectivity index (χ4v) is 2.41. The van der Waals surface area contributed by atoms with E-state index in [0.717, 1.165) is 5.56 Å². The largest absolute Gasteiger partial charge is 0.272 e. The highest BCUT2D eigenvalue weighted by atomic mass is 35.5. The molecule has 0 unspecified atom stereocenters. The van der Waals surface area contributed by atoms with Crippen molar-refractivity contribution in [2.75, 3.05) is 6.61 Å². The Morgan fingerprint density at radius 2 is 2.00 bits per heavy atom. The molecule has 1 aliphatic rings. The summed E-state index contributed by atoms with van der Waals surface area (Å²) >= 11 is 12.3. The van der Waals surface area contributed by atoms with Crippen LogP contribution in [0.3, 0.4) is 0 Å². The van der Waals surface area contributed by atoms with E-state index < -0.39 is 5.41 Å². The van der Waals surface area contributed by atoms with Crippen molar-refractivity contribution in [3.05, 3.63) is 27.7 Å². The Labute approximate surface area is 140 Å². The van der Waals surface area contributed by atoms with Crippen molar-refractivity contribution in [1.29, 1.82) is 0 Å². The van der Waals surface area contributed by atoms with Gasteiger partial charge in [-0.15, -0.1) is 0 Å². The first-order valence-corrected chi connectivity index (χ1v) is 7.80. The summed E-state index contributed by atoms with van der Waals surface area (Å²) in [5.74, 6) is -0.0659. The van der Waals surface area contributed by atoms with Gasteiger partial charge < -0.3 is 0 Å². The first-order chi connectivity index (χ1) is 10.2. The van der Waals surface area contributed by atoms with E-state index in [9.17, 15) is 4.79 Å². The number of carbonyl (C=O) groups is 1. The minimum atomic E-state index is -0.515. The number of azo groups is 1. The molecule has 0 radical (unpaired) electrons. The van der Waals surface area contributed by atoms with E-state index in [1.165, 1.54) is 5.06 Å². The predicted octanol–water partition coefficient (Wildman–Crippen LogP) is 4.79. The summed E-state index contributed by atoms with van der Waals surface area (Å²) < 4.78 is 0. The van der Waals surface area contributed by atoms with Crippen LogP contribution in [-0.2, 0) is 16.2 Å². The van der Waals surface area contributed by atoms with Gasteiger partial charge >= 0.3 is 0 Å². The van der Waals surface area contributed by atoms with Crippen molar-refractivity contribution in [3.8, 4) is 0 Å². The summed E-state index contributed by atoms with van der Waals surface area (Å²) in [6, 6.07) is 3.41. The second-order valence-electron chi connectivity index (χ2n) is 6.20. The predicted molar refractivity (Wildman–Crippen MR) is 86.4 cm³/mol. The number of nitrogens with zero attached hydrogens (tertiary/aromatic N) is 3. The van der Waals surface area contributed by atoms with Gasteiger partial charge in [0.1, 0.15) is 5.69 Å². The van der Waals surface area contributed by atoms with Crippen molar-refractivity contribution in [2.45, 2.75) is 40.3 Å². The Balaban J connectivity index is 2.24. The molecule has 0 atom stereocenters. The molecule has 0 aromatic heterocycles. The molecule has 1 fully saturated rings. The highest BCUT2D eigenvalue weighted by Crippen LogP contribution is 2.34. The first-order valence-electron chi connectivity index (χ1n) is 7.04. The van der Waals surface area contributed by atoms with Crippen molar-refractivity contribution >= 4 is 34.8 Å². The number of benzene rings is 1. The zero-order valence-corrected chi connectivity index (χ0v) is 14.6. The van der Waals surface area contributed by atoms with Gasteiger partial charge in [-0.2, -0.15) is 10.2 Å². The molecule has 1 amide bonds. The number of hydrogen-bond donors (Lipinski definition) is 0. The number of hydrogen-bond acceptors (Lipinski definition) is 4. The van der Waals surface area contributed by atoms with Gasteiger partial charge in [0.2, 0.25) is 0 Å². The Morgan fingerprint density at radius 3 is 2.55 bits per heavy atom. The SMILES string of the molecule is CC(C)N=Nc1cc(CN2OCC(C)(C)C2=O)c(Cl)cc1Cl. The van der Waals surface area contributed by atoms with Crippen LogP contribution < -0.4 is 0 Å². The van der Waals surface area contributed by atoms with E-state index in [1.807, 2.05) is 27.7 Å². The van der Waals surface area contributed by atoms with Gasteiger partial charge in [-0.1, -0.05) is 23.2 Å². The zero-order valence-electron chi connectivity index (χ0n) is 13.1. The number of hydroxylamine groups is 2. The molecule has 0 aliphatic carbocycles. The number of amides is 1. The second kappa shape index (κ2) is 6.52. The zero-order chi connectivity index (χ0) is 16.5. The van der Waals surface area contributed by atoms with Gasteiger partial charge in [0.15, 0.2) is 0 Å². The van der Waals surface area contributed by atoms with E-state index in [0.29, 0.717) is 22.3 Å². The van der Waals surface area contributed by atoms with E-state index in [1.54, 1.807) is 12.1 Å².